The Balaban J connectivity index is 0.000000211. The van der Waals surface area contributed by atoms with Crippen molar-refractivity contribution in [1.29, 1.82) is 5.26 Å². The number of aromatic nitrogens is 2. The maximum absolute atomic E-state index is 12.4. The maximum atomic E-state index is 12.4. The summed E-state index contributed by atoms with van der Waals surface area (Å²) in [6, 6.07) is 9.28. The SMILES string of the molecule is CC1CCC(c2cc(=O)c3c(C#N)nccc3[nH]2)O1.Cc1cccc(F)c1F. The van der Waals surface area contributed by atoms with Gasteiger partial charge in [0, 0.05) is 18.0 Å². The zero-order valence-electron chi connectivity index (χ0n) is 15.5. The molecular formula is C21H19F2N3O2. The number of rotatable bonds is 1. The summed E-state index contributed by atoms with van der Waals surface area (Å²) in [5, 5.41) is 9.33. The normalized spacial score (nSPS) is 18.4. The Labute approximate surface area is 160 Å². The molecule has 1 aliphatic rings. The summed E-state index contributed by atoms with van der Waals surface area (Å²) in [5.74, 6) is -1.53. The van der Waals surface area contributed by atoms with Gasteiger partial charge in [0.05, 0.1) is 23.1 Å². The molecule has 0 spiro atoms. The van der Waals surface area contributed by atoms with Crippen LogP contribution in [0.5, 0.6) is 0 Å². The Kier molecular flexibility index (Phi) is 5.81. The number of aryl methyl sites for hydroxylation is 1. The molecule has 0 aliphatic carbocycles. The van der Waals surface area contributed by atoms with Crippen molar-refractivity contribution >= 4 is 10.9 Å². The molecule has 0 saturated carbocycles. The first kappa shape index (κ1) is 19.6. The second-order valence-corrected chi connectivity index (χ2v) is 6.67. The molecule has 4 rings (SSSR count). The predicted molar refractivity (Wildman–Crippen MR) is 101 cm³/mol. The van der Waals surface area contributed by atoms with Crippen LogP contribution in [0.15, 0.2) is 41.3 Å². The van der Waals surface area contributed by atoms with Crippen LogP contribution in [0.1, 0.15) is 42.8 Å². The van der Waals surface area contributed by atoms with Crippen LogP contribution in [-0.4, -0.2) is 16.1 Å². The summed E-state index contributed by atoms with van der Waals surface area (Å²) in [4.78, 5) is 19.3. The third-order valence-electron chi connectivity index (χ3n) is 4.59. The molecule has 2 atom stereocenters. The lowest BCUT2D eigenvalue weighted by Gasteiger charge is -2.12. The lowest BCUT2D eigenvalue weighted by molar-refractivity contribution is 0.0532. The van der Waals surface area contributed by atoms with Gasteiger partial charge in [0.1, 0.15) is 6.07 Å². The predicted octanol–water partition coefficient (Wildman–Crippen LogP) is 4.31. The number of ether oxygens (including phenoxy) is 1. The second kappa shape index (κ2) is 8.28. The van der Waals surface area contributed by atoms with E-state index in [4.69, 9.17) is 10.00 Å². The van der Waals surface area contributed by atoms with Gasteiger partial charge < -0.3 is 9.72 Å². The molecular weight excluding hydrogens is 364 g/mol. The number of aromatic amines is 1. The molecule has 1 aromatic carbocycles. The summed E-state index contributed by atoms with van der Waals surface area (Å²) in [7, 11) is 0. The average molecular weight is 383 g/mol. The minimum absolute atomic E-state index is 0.0641. The van der Waals surface area contributed by atoms with E-state index in [9.17, 15) is 13.6 Å². The Hall–Kier alpha value is -3.11. The molecule has 5 nitrogen and oxygen atoms in total. The minimum atomic E-state index is -0.782. The molecule has 2 unspecified atom stereocenters. The summed E-state index contributed by atoms with van der Waals surface area (Å²) in [6.45, 7) is 3.55. The number of fused-ring (bicyclic) bond motifs is 1. The van der Waals surface area contributed by atoms with Gasteiger partial charge in [-0.1, -0.05) is 12.1 Å². The number of nitrogens with one attached hydrogen (secondary N) is 1. The van der Waals surface area contributed by atoms with Crippen LogP contribution in [0.25, 0.3) is 10.9 Å². The van der Waals surface area contributed by atoms with E-state index < -0.39 is 11.6 Å². The molecule has 0 amide bonds. The van der Waals surface area contributed by atoms with E-state index in [0.717, 1.165) is 24.6 Å². The molecule has 1 saturated heterocycles. The zero-order valence-corrected chi connectivity index (χ0v) is 15.5. The monoisotopic (exact) mass is 383 g/mol. The van der Waals surface area contributed by atoms with Crippen molar-refractivity contribution in [1.82, 2.24) is 9.97 Å². The minimum Gasteiger partial charge on any atom is -0.369 e. The lowest BCUT2D eigenvalue weighted by Crippen LogP contribution is -2.11. The van der Waals surface area contributed by atoms with Crippen molar-refractivity contribution in [3.63, 3.8) is 0 Å². The molecule has 1 aliphatic heterocycles. The molecule has 1 fully saturated rings. The van der Waals surface area contributed by atoms with E-state index in [1.165, 1.54) is 31.3 Å². The van der Waals surface area contributed by atoms with Crippen LogP contribution in [0.3, 0.4) is 0 Å². The largest absolute Gasteiger partial charge is 0.369 e. The third-order valence-corrected chi connectivity index (χ3v) is 4.59. The van der Waals surface area contributed by atoms with Crippen molar-refractivity contribution in [2.45, 2.75) is 38.9 Å². The summed E-state index contributed by atoms with van der Waals surface area (Å²) in [6.07, 6.45) is 3.57. The molecule has 144 valence electrons. The fraction of sp³-hybridized carbons (Fsp3) is 0.286. The highest BCUT2D eigenvalue weighted by atomic mass is 19.2. The molecule has 7 heteroatoms. The highest BCUT2D eigenvalue weighted by molar-refractivity contribution is 5.82. The Morgan fingerprint density at radius 3 is 2.68 bits per heavy atom. The van der Waals surface area contributed by atoms with Crippen LogP contribution in [0.2, 0.25) is 0 Å². The van der Waals surface area contributed by atoms with E-state index in [0.29, 0.717) is 16.5 Å². The quantitative estimate of drug-likeness (QED) is 0.679. The Morgan fingerprint density at radius 1 is 1.29 bits per heavy atom. The van der Waals surface area contributed by atoms with Gasteiger partial charge in [-0.2, -0.15) is 5.26 Å². The van der Waals surface area contributed by atoms with E-state index in [1.54, 1.807) is 6.07 Å². The molecule has 3 aromatic rings. The standard InChI is InChI=1S/C14H13N3O2.C7H6F2/c1-8-2-3-13(19-8)10-6-12(18)14-9(17-10)4-5-16-11(14)7-15;1-5-3-2-4-6(8)7(5)9/h4-6,8,13H,2-3H2,1H3,(H,17,18);2-4H,1H3. The van der Waals surface area contributed by atoms with Gasteiger partial charge in [0.15, 0.2) is 22.8 Å². The van der Waals surface area contributed by atoms with Gasteiger partial charge in [-0.25, -0.2) is 13.8 Å². The van der Waals surface area contributed by atoms with Crippen LogP contribution in [0, 0.1) is 29.9 Å². The van der Waals surface area contributed by atoms with Crippen molar-refractivity contribution in [2.24, 2.45) is 0 Å². The fourth-order valence-electron chi connectivity index (χ4n) is 3.12. The van der Waals surface area contributed by atoms with Gasteiger partial charge in [-0.3, -0.25) is 4.79 Å². The first-order chi connectivity index (χ1) is 13.4. The van der Waals surface area contributed by atoms with Gasteiger partial charge >= 0.3 is 0 Å². The van der Waals surface area contributed by atoms with Crippen molar-refractivity contribution in [3.8, 4) is 6.07 Å². The first-order valence-electron chi connectivity index (χ1n) is 8.88. The summed E-state index contributed by atoms with van der Waals surface area (Å²) >= 11 is 0. The first-order valence-corrected chi connectivity index (χ1v) is 8.88. The number of hydrogen-bond donors (Lipinski definition) is 1. The fourth-order valence-corrected chi connectivity index (χ4v) is 3.12. The van der Waals surface area contributed by atoms with Crippen molar-refractivity contribution in [3.05, 3.63) is 75.3 Å². The average Bonchev–Trinajstić information content (AvgIpc) is 3.12. The van der Waals surface area contributed by atoms with E-state index >= 15 is 0 Å². The van der Waals surface area contributed by atoms with Gasteiger partial charge in [-0.05, 0) is 44.4 Å². The maximum Gasteiger partial charge on any atom is 0.192 e. The number of hydrogen-bond acceptors (Lipinski definition) is 4. The molecule has 28 heavy (non-hydrogen) atoms. The van der Waals surface area contributed by atoms with Crippen LogP contribution in [-0.2, 0) is 4.74 Å². The number of H-pyrrole nitrogens is 1. The van der Waals surface area contributed by atoms with Crippen molar-refractivity contribution in [2.75, 3.05) is 0 Å². The number of halogens is 2. The van der Waals surface area contributed by atoms with E-state index in [1.807, 2.05) is 13.0 Å². The smallest absolute Gasteiger partial charge is 0.192 e. The Morgan fingerprint density at radius 2 is 2.07 bits per heavy atom. The molecule has 0 radical (unpaired) electrons. The molecule has 1 N–H and O–H groups in total. The summed E-state index contributed by atoms with van der Waals surface area (Å²) < 4.78 is 30.3. The molecule has 2 aromatic heterocycles. The Bertz CT molecular complexity index is 1080. The van der Waals surface area contributed by atoms with Gasteiger partial charge in [0.25, 0.3) is 0 Å². The van der Waals surface area contributed by atoms with Crippen molar-refractivity contribution < 1.29 is 13.5 Å². The van der Waals surface area contributed by atoms with Crippen LogP contribution in [0.4, 0.5) is 8.78 Å². The number of nitrogens with zero attached hydrogens (tertiary/aromatic N) is 2. The molecule has 0 bridgehead atoms. The van der Waals surface area contributed by atoms with Gasteiger partial charge in [-0.15, -0.1) is 0 Å². The second-order valence-electron chi connectivity index (χ2n) is 6.67. The van der Waals surface area contributed by atoms with E-state index in [2.05, 4.69) is 9.97 Å². The third kappa shape index (κ3) is 4.07. The van der Waals surface area contributed by atoms with Crippen LogP contribution < -0.4 is 5.43 Å². The lowest BCUT2D eigenvalue weighted by atomic mass is 10.1. The summed E-state index contributed by atoms with van der Waals surface area (Å²) in [5.41, 5.74) is 1.73. The highest BCUT2D eigenvalue weighted by Crippen LogP contribution is 2.31. The topological polar surface area (TPSA) is 78.8 Å². The van der Waals surface area contributed by atoms with E-state index in [-0.39, 0.29) is 23.3 Å². The highest BCUT2D eigenvalue weighted by Gasteiger charge is 2.24. The number of pyridine rings is 2. The van der Waals surface area contributed by atoms with Gasteiger partial charge in [0.2, 0.25) is 0 Å². The number of nitriles is 1. The number of benzene rings is 1. The zero-order chi connectivity index (χ0) is 20.3. The van der Waals surface area contributed by atoms with Crippen LogP contribution >= 0.6 is 0 Å². The molecule has 3 heterocycles.